The lowest BCUT2D eigenvalue weighted by Crippen LogP contribution is -2.27. The molecule has 3 heterocycles. The molecule has 0 saturated heterocycles. The van der Waals surface area contributed by atoms with Gasteiger partial charge >= 0.3 is 0 Å². The molecule has 0 unspecified atom stereocenters. The van der Waals surface area contributed by atoms with Crippen LogP contribution in [0.4, 0.5) is 5.82 Å². The van der Waals surface area contributed by atoms with Crippen molar-refractivity contribution in [2.45, 2.75) is 34.0 Å². The molecule has 30 heavy (non-hydrogen) atoms. The summed E-state index contributed by atoms with van der Waals surface area (Å²) in [6.07, 6.45) is 0. The average molecular weight is 447 g/mol. The Morgan fingerprint density at radius 2 is 2.13 bits per heavy atom. The van der Waals surface area contributed by atoms with E-state index in [0.29, 0.717) is 30.5 Å². The second-order valence-corrected chi connectivity index (χ2v) is 7.24. The normalized spacial score (nSPS) is 12.2. The molecule has 1 aliphatic heterocycles. The minimum Gasteiger partial charge on any atom is -0.497 e. The number of halogens is 2. The Hall–Kier alpha value is -2.46. The quantitative estimate of drug-likeness (QED) is 0.533. The maximum Gasteiger partial charge on any atom is 0.165 e. The van der Waals surface area contributed by atoms with Gasteiger partial charge in [-0.3, -0.25) is 0 Å². The summed E-state index contributed by atoms with van der Waals surface area (Å²) in [6, 6.07) is 5.67. The van der Waals surface area contributed by atoms with Crippen molar-refractivity contribution in [1.82, 2.24) is 14.6 Å². The van der Waals surface area contributed by atoms with Crippen LogP contribution >= 0.6 is 24.0 Å². The van der Waals surface area contributed by atoms with Gasteiger partial charge in [0.2, 0.25) is 0 Å². The largest absolute Gasteiger partial charge is 0.497 e. The van der Waals surface area contributed by atoms with Crippen LogP contribution in [0, 0.1) is 18.8 Å². The molecule has 0 saturated carbocycles. The molecule has 0 aliphatic carbocycles. The molecule has 0 spiro atoms. The maximum absolute atomic E-state index is 6.59. The van der Waals surface area contributed by atoms with Crippen LogP contribution in [0.2, 0.25) is 5.02 Å². The number of aryl methyl sites for hydroxylation is 1. The van der Waals surface area contributed by atoms with Crippen LogP contribution < -0.4 is 9.64 Å². The van der Waals surface area contributed by atoms with E-state index >= 15 is 0 Å². The zero-order valence-corrected chi connectivity index (χ0v) is 19.0. The molecular weight excluding hydrogens is 423 g/mol. The number of anilines is 1. The van der Waals surface area contributed by atoms with Crippen molar-refractivity contribution in [3.05, 3.63) is 40.2 Å². The van der Waals surface area contributed by atoms with Crippen molar-refractivity contribution in [2.24, 2.45) is 0 Å². The van der Waals surface area contributed by atoms with Gasteiger partial charge in [0.1, 0.15) is 11.6 Å². The number of benzene rings is 1. The van der Waals surface area contributed by atoms with E-state index in [1.807, 2.05) is 36.6 Å². The predicted molar refractivity (Wildman–Crippen MR) is 122 cm³/mol. The molecule has 0 radical (unpaired) electrons. The Labute approximate surface area is 187 Å². The van der Waals surface area contributed by atoms with E-state index in [0.717, 1.165) is 46.1 Å². The monoisotopic (exact) mass is 446 g/mol. The molecule has 2 aromatic heterocycles. The lowest BCUT2D eigenvalue weighted by molar-refractivity contribution is 0.133. The molecule has 158 valence electrons. The van der Waals surface area contributed by atoms with Crippen molar-refractivity contribution in [1.29, 1.82) is 0 Å². The minimum absolute atomic E-state index is 0. The first-order valence-corrected chi connectivity index (χ1v) is 9.94. The summed E-state index contributed by atoms with van der Waals surface area (Å²) in [4.78, 5) is 7.13. The maximum atomic E-state index is 6.59. The first kappa shape index (κ1) is 22.2. The van der Waals surface area contributed by atoms with Crippen molar-refractivity contribution in [3.63, 3.8) is 0 Å². The van der Waals surface area contributed by atoms with E-state index in [-0.39, 0.29) is 12.4 Å². The molecule has 3 aromatic rings. The molecule has 8 heteroatoms. The summed E-state index contributed by atoms with van der Waals surface area (Å²) in [5.41, 5.74) is 5.47. The number of hydrogen-bond acceptors (Lipinski definition) is 5. The van der Waals surface area contributed by atoms with Crippen molar-refractivity contribution in [2.75, 3.05) is 25.1 Å². The highest BCUT2D eigenvalue weighted by Crippen LogP contribution is 2.38. The van der Waals surface area contributed by atoms with Gasteiger partial charge in [-0.1, -0.05) is 17.5 Å². The van der Waals surface area contributed by atoms with Gasteiger partial charge in [0.15, 0.2) is 5.65 Å². The van der Waals surface area contributed by atoms with Gasteiger partial charge in [-0.25, -0.2) is 4.98 Å². The lowest BCUT2D eigenvalue weighted by atomic mass is 10.1. The van der Waals surface area contributed by atoms with Crippen LogP contribution in [0.3, 0.4) is 0 Å². The van der Waals surface area contributed by atoms with Crippen LogP contribution in [-0.2, 0) is 18.0 Å². The molecule has 1 aliphatic rings. The summed E-state index contributed by atoms with van der Waals surface area (Å²) in [5.74, 6) is 7.85. The van der Waals surface area contributed by atoms with Gasteiger partial charge in [0.25, 0.3) is 0 Å². The number of hydrogen-bond donors (Lipinski definition) is 0. The van der Waals surface area contributed by atoms with Crippen LogP contribution in [0.5, 0.6) is 5.75 Å². The van der Waals surface area contributed by atoms with Crippen LogP contribution in [0.25, 0.3) is 16.8 Å². The molecule has 6 nitrogen and oxygen atoms in total. The number of methoxy groups -OCH3 is 1. The molecule has 4 rings (SSSR count). The van der Waals surface area contributed by atoms with Gasteiger partial charge in [0.05, 0.1) is 48.8 Å². The summed E-state index contributed by atoms with van der Waals surface area (Å²) >= 11 is 6.59. The first-order valence-electron chi connectivity index (χ1n) is 9.56. The van der Waals surface area contributed by atoms with Gasteiger partial charge in [-0.2, -0.15) is 9.61 Å². The fourth-order valence-corrected chi connectivity index (χ4v) is 3.98. The standard InChI is InChI=1S/C22H23ClN4O2.ClH/c1-5-7-10-26(6-2)22-17-12-29-13-19(17)24-21-20(14(3)25-27(21)22)16-9-8-15(28-4)11-18(16)23;/h8-9,11H,6,10,12-13H2,1-4H3;1H. The number of rotatable bonds is 5. The SMILES string of the molecule is CC#CCN(CC)c1c2c(nc3c(-c4ccc(OC)cc4Cl)c(C)nn13)COC2.Cl. The number of aromatic nitrogens is 3. The highest BCUT2D eigenvalue weighted by Gasteiger charge is 2.27. The second kappa shape index (κ2) is 9.13. The van der Waals surface area contributed by atoms with E-state index < -0.39 is 0 Å². The Morgan fingerprint density at radius 1 is 1.33 bits per heavy atom. The Balaban J connectivity index is 0.00000256. The third-order valence-corrected chi connectivity index (χ3v) is 5.47. The van der Waals surface area contributed by atoms with Crippen molar-refractivity contribution < 1.29 is 9.47 Å². The molecule has 1 aromatic carbocycles. The Bertz CT molecular complexity index is 1150. The van der Waals surface area contributed by atoms with Crippen molar-refractivity contribution in [3.8, 4) is 28.7 Å². The first-order chi connectivity index (χ1) is 14.1. The Morgan fingerprint density at radius 3 is 2.80 bits per heavy atom. The number of fused-ring (bicyclic) bond motifs is 2. The lowest BCUT2D eigenvalue weighted by Gasteiger charge is -2.23. The van der Waals surface area contributed by atoms with Crippen LogP contribution in [-0.4, -0.2) is 34.8 Å². The highest BCUT2D eigenvalue weighted by atomic mass is 35.5. The van der Waals surface area contributed by atoms with Gasteiger partial charge in [0, 0.05) is 17.7 Å². The topological polar surface area (TPSA) is 51.9 Å². The Kier molecular flexibility index (Phi) is 6.77. The van der Waals surface area contributed by atoms with E-state index in [1.165, 1.54) is 0 Å². The van der Waals surface area contributed by atoms with Crippen LogP contribution in [0.1, 0.15) is 30.8 Å². The molecule has 0 amide bonds. The highest BCUT2D eigenvalue weighted by molar-refractivity contribution is 6.33. The van der Waals surface area contributed by atoms with Gasteiger partial charge < -0.3 is 14.4 Å². The summed E-state index contributed by atoms with van der Waals surface area (Å²) < 4.78 is 12.9. The average Bonchev–Trinajstić information content (AvgIpc) is 3.31. The number of nitrogens with zero attached hydrogens (tertiary/aromatic N) is 4. The fraction of sp³-hybridized carbons (Fsp3) is 0.364. The van der Waals surface area contributed by atoms with Crippen LogP contribution in [0.15, 0.2) is 18.2 Å². The predicted octanol–water partition coefficient (Wildman–Crippen LogP) is 4.67. The summed E-state index contributed by atoms with van der Waals surface area (Å²) in [6.45, 7) is 8.40. The number of ether oxygens (including phenoxy) is 2. The molecule has 0 bridgehead atoms. The van der Waals surface area contributed by atoms with Gasteiger partial charge in [-0.15, -0.1) is 18.3 Å². The van der Waals surface area contributed by atoms with E-state index in [9.17, 15) is 0 Å². The molecule has 0 N–H and O–H groups in total. The van der Waals surface area contributed by atoms with E-state index in [2.05, 4.69) is 23.7 Å². The molecule has 0 fully saturated rings. The van der Waals surface area contributed by atoms with Gasteiger partial charge in [-0.05, 0) is 39.0 Å². The summed E-state index contributed by atoms with van der Waals surface area (Å²) in [5, 5.41) is 5.45. The van der Waals surface area contributed by atoms with Crippen molar-refractivity contribution >= 4 is 35.5 Å². The molecular formula is C22H24Cl2N4O2. The second-order valence-electron chi connectivity index (χ2n) is 6.84. The van der Waals surface area contributed by atoms with E-state index in [4.69, 9.17) is 31.2 Å². The third-order valence-electron chi connectivity index (χ3n) is 5.15. The third kappa shape index (κ3) is 3.69. The minimum atomic E-state index is 0. The zero-order chi connectivity index (χ0) is 20.5. The summed E-state index contributed by atoms with van der Waals surface area (Å²) in [7, 11) is 1.63. The molecule has 0 atom stereocenters. The van der Waals surface area contributed by atoms with E-state index in [1.54, 1.807) is 7.11 Å². The zero-order valence-electron chi connectivity index (χ0n) is 17.5. The smallest absolute Gasteiger partial charge is 0.165 e. The fourth-order valence-electron chi connectivity index (χ4n) is 3.71.